The number of amides is 2. The molecule has 6 nitrogen and oxygen atoms in total. The Bertz CT molecular complexity index is 352. The molecule has 1 heterocycles. The van der Waals surface area contributed by atoms with Crippen molar-refractivity contribution in [2.24, 2.45) is 0 Å². The molecule has 1 aliphatic heterocycles. The smallest absolute Gasteiger partial charge is 0.320 e. The molecule has 2 amide bonds. The number of methoxy groups -OCH3 is 1. The van der Waals surface area contributed by atoms with Crippen LogP contribution < -0.4 is 0 Å². The summed E-state index contributed by atoms with van der Waals surface area (Å²) in [6.07, 6.45) is 1.92. The van der Waals surface area contributed by atoms with Gasteiger partial charge in [-0.25, -0.2) is 4.79 Å². The highest BCUT2D eigenvalue weighted by atomic mass is 16.5. The van der Waals surface area contributed by atoms with E-state index in [4.69, 9.17) is 9.84 Å². The first kappa shape index (κ1) is 16.8. The van der Waals surface area contributed by atoms with Crippen LogP contribution in [0, 0.1) is 0 Å². The molecular weight excluding hydrogens is 260 g/mol. The molecule has 1 fully saturated rings. The maximum Gasteiger partial charge on any atom is 0.320 e. The standard InChI is InChI=1S/C14H26N2O4/c1-14(2,3)16(9-7-12(17)18)13(19)15-8-5-6-11(10-15)20-4/h11H,5-10H2,1-4H3,(H,17,18). The number of aliphatic carboxylic acids is 1. The lowest BCUT2D eigenvalue weighted by molar-refractivity contribution is -0.137. The maximum absolute atomic E-state index is 12.6. The number of carbonyl (C=O) groups excluding carboxylic acids is 1. The monoisotopic (exact) mass is 286 g/mol. The van der Waals surface area contributed by atoms with E-state index >= 15 is 0 Å². The van der Waals surface area contributed by atoms with Gasteiger partial charge in [-0.3, -0.25) is 4.79 Å². The fourth-order valence-corrected chi connectivity index (χ4v) is 2.40. The van der Waals surface area contributed by atoms with Crippen LogP contribution in [0.4, 0.5) is 4.79 Å². The largest absolute Gasteiger partial charge is 0.481 e. The van der Waals surface area contributed by atoms with Gasteiger partial charge < -0.3 is 19.6 Å². The molecule has 0 aliphatic carbocycles. The summed E-state index contributed by atoms with van der Waals surface area (Å²) in [4.78, 5) is 26.8. The van der Waals surface area contributed by atoms with E-state index in [1.54, 1.807) is 16.9 Å². The van der Waals surface area contributed by atoms with Crippen molar-refractivity contribution < 1.29 is 19.4 Å². The Morgan fingerprint density at radius 2 is 2.05 bits per heavy atom. The van der Waals surface area contributed by atoms with E-state index in [-0.39, 0.29) is 25.1 Å². The minimum absolute atomic E-state index is 0.0371. The molecule has 0 aromatic carbocycles. The number of carboxylic acid groups (broad SMARTS) is 1. The molecule has 1 N–H and O–H groups in total. The number of hydrogen-bond donors (Lipinski definition) is 1. The Balaban J connectivity index is 2.74. The minimum Gasteiger partial charge on any atom is -0.481 e. The quantitative estimate of drug-likeness (QED) is 0.855. The van der Waals surface area contributed by atoms with Crippen LogP contribution in [0.2, 0.25) is 0 Å². The van der Waals surface area contributed by atoms with E-state index in [2.05, 4.69) is 0 Å². The molecule has 0 aromatic rings. The predicted molar refractivity (Wildman–Crippen MR) is 75.7 cm³/mol. The lowest BCUT2D eigenvalue weighted by Gasteiger charge is -2.41. The molecule has 0 spiro atoms. The van der Waals surface area contributed by atoms with Crippen LogP contribution in [0.3, 0.4) is 0 Å². The zero-order valence-electron chi connectivity index (χ0n) is 12.9. The lowest BCUT2D eigenvalue weighted by Crippen LogP contribution is -2.55. The summed E-state index contributed by atoms with van der Waals surface area (Å²) in [5, 5.41) is 8.83. The summed E-state index contributed by atoms with van der Waals surface area (Å²) in [7, 11) is 1.66. The van der Waals surface area contributed by atoms with Gasteiger partial charge in [0.1, 0.15) is 0 Å². The number of ether oxygens (including phenoxy) is 1. The summed E-state index contributed by atoms with van der Waals surface area (Å²) < 4.78 is 5.33. The highest BCUT2D eigenvalue weighted by Gasteiger charge is 2.32. The molecule has 1 atom stereocenters. The second kappa shape index (κ2) is 6.92. The molecule has 0 bridgehead atoms. The van der Waals surface area contributed by atoms with Crippen LogP contribution in [0.15, 0.2) is 0 Å². The van der Waals surface area contributed by atoms with Crippen LogP contribution >= 0.6 is 0 Å². The van der Waals surface area contributed by atoms with Crippen molar-refractivity contribution in [2.45, 2.75) is 51.7 Å². The number of hydrogen-bond acceptors (Lipinski definition) is 3. The molecule has 1 saturated heterocycles. The second-order valence-electron chi connectivity index (χ2n) is 6.19. The van der Waals surface area contributed by atoms with Crippen molar-refractivity contribution in [2.75, 3.05) is 26.7 Å². The molecule has 116 valence electrons. The average molecular weight is 286 g/mol. The first-order valence-corrected chi connectivity index (χ1v) is 7.07. The van der Waals surface area contributed by atoms with Crippen LogP contribution in [0.1, 0.15) is 40.0 Å². The van der Waals surface area contributed by atoms with Gasteiger partial charge in [0.2, 0.25) is 0 Å². The molecule has 1 aliphatic rings. The van der Waals surface area contributed by atoms with Crippen LogP contribution in [-0.4, -0.2) is 65.3 Å². The van der Waals surface area contributed by atoms with Crippen molar-refractivity contribution in [1.82, 2.24) is 9.80 Å². The van der Waals surface area contributed by atoms with E-state index in [0.29, 0.717) is 13.1 Å². The van der Waals surface area contributed by atoms with E-state index in [9.17, 15) is 9.59 Å². The second-order valence-corrected chi connectivity index (χ2v) is 6.19. The first-order valence-electron chi connectivity index (χ1n) is 7.07. The maximum atomic E-state index is 12.6. The molecule has 6 heteroatoms. The van der Waals surface area contributed by atoms with Crippen LogP contribution in [-0.2, 0) is 9.53 Å². The Labute approximate surface area is 120 Å². The number of urea groups is 1. The van der Waals surface area contributed by atoms with Gasteiger partial charge in [0, 0.05) is 32.3 Å². The summed E-state index contributed by atoms with van der Waals surface area (Å²) in [5.41, 5.74) is -0.396. The highest BCUT2D eigenvalue weighted by molar-refractivity contribution is 5.76. The zero-order valence-corrected chi connectivity index (χ0v) is 12.9. The van der Waals surface area contributed by atoms with E-state index in [1.807, 2.05) is 20.8 Å². The SMILES string of the molecule is COC1CCCN(C(=O)N(CCC(=O)O)C(C)(C)C)C1. The van der Waals surface area contributed by atoms with Gasteiger partial charge in [-0.15, -0.1) is 0 Å². The molecule has 1 unspecified atom stereocenters. The van der Waals surface area contributed by atoms with E-state index in [1.165, 1.54) is 0 Å². The van der Waals surface area contributed by atoms with Gasteiger partial charge in [0.15, 0.2) is 0 Å². The van der Waals surface area contributed by atoms with Gasteiger partial charge in [-0.05, 0) is 33.6 Å². The Morgan fingerprint density at radius 1 is 1.40 bits per heavy atom. The molecule has 0 radical (unpaired) electrons. The molecule has 20 heavy (non-hydrogen) atoms. The minimum atomic E-state index is -0.888. The van der Waals surface area contributed by atoms with Crippen molar-refractivity contribution in [1.29, 1.82) is 0 Å². The fourth-order valence-electron chi connectivity index (χ4n) is 2.40. The Hall–Kier alpha value is -1.30. The molecular formula is C14H26N2O4. The third-order valence-corrected chi connectivity index (χ3v) is 3.57. The number of piperidine rings is 1. The van der Waals surface area contributed by atoms with Crippen molar-refractivity contribution in [3.8, 4) is 0 Å². The highest BCUT2D eigenvalue weighted by Crippen LogP contribution is 2.20. The lowest BCUT2D eigenvalue weighted by atomic mass is 10.0. The van der Waals surface area contributed by atoms with Crippen LogP contribution in [0.5, 0.6) is 0 Å². The van der Waals surface area contributed by atoms with Crippen molar-refractivity contribution >= 4 is 12.0 Å². The van der Waals surface area contributed by atoms with E-state index < -0.39 is 11.5 Å². The van der Waals surface area contributed by atoms with Gasteiger partial charge in [0.25, 0.3) is 0 Å². The fraction of sp³-hybridized carbons (Fsp3) is 0.857. The molecule has 0 saturated carbocycles. The van der Waals surface area contributed by atoms with Crippen LogP contribution in [0.25, 0.3) is 0 Å². The number of nitrogens with zero attached hydrogens (tertiary/aromatic N) is 2. The first-order chi connectivity index (χ1) is 9.25. The molecule has 1 rings (SSSR count). The Kier molecular flexibility index (Phi) is 5.80. The third kappa shape index (κ3) is 4.67. The van der Waals surface area contributed by atoms with Crippen molar-refractivity contribution in [3.63, 3.8) is 0 Å². The summed E-state index contributed by atoms with van der Waals surface area (Å²) in [6, 6.07) is -0.0968. The van der Waals surface area contributed by atoms with Gasteiger partial charge in [-0.1, -0.05) is 0 Å². The number of rotatable bonds is 4. The summed E-state index contributed by atoms with van der Waals surface area (Å²) in [5.74, 6) is -0.888. The molecule has 0 aromatic heterocycles. The third-order valence-electron chi connectivity index (χ3n) is 3.57. The van der Waals surface area contributed by atoms with Gasteiger partial charge >= 0.3 is 12.0 Å². The average Bonchev–Trinajstić information content (AvgIpc) is 2.36. The number of carboxylic acids is 1. The van der Waals surface area contributed by atoms with Crippen molar-refractivity contribution in [3.05, 3.63) is 0 Å². The number of carbonyl (C=O) groups is 2. The summed E-state index contributed by atoms with van der Waals surface area (Å²) in [6.45, 7) is 7.28. The van der Waals surface area contributed by atoms with E-state index in [0.717, 1.165) is 12.8 Å². The zero-order chi connectivity index (χ0) is 15.3. The number of likely N-dealkylation sites (tertiary alicyclic amines) is 1. The topological polar surface area (TPSA) is 70.1 Å². The van der Waals surface area contributed by atoms with Gasteiger partial charge in [-0.2, -0.15) is 0 Å². The summed E-state index contributed by atoms with van der Waals surface area (Å²) >= 11 is 0. The van der Waals surface area contributed by atoms with Gasteiger partial charge in [0.05, 0.1) is 12.5 Å². The Morgan fingerprint density at radius 3 is 2.55 bits per heavy atom. The normalized spacial score (nSPS) is 19.8. The predicted octanol–water partition coefficient (Wildman–Crippen LogP) is 1.79.